The van der Waals surface area contributed by atoms with Crippen molar-refractivity contribution in [2.45, 2.75) is 23.5 Å². The van der Waals surface area contributed by atoms with Gasteiger partial charge in [0.1, 0.15) is 4.21 Å². The van der Waals surface area contributed by atoms with Gasteiger partial charge in [-0.15, -0.1) is 11.3 Å². The SMILES string of the molecule is C[NH+](C)CCCNC(=O)C1CCN(S(=O)(=O)c2cccs2)CC1. The van der Waals surface area contributed by atoms with Gasteiger partial charge in [-0.2, -0.15) is 4.31 Å². The maximum atomic E-state index is 12.4. The zero-order valence-electron chi connectivity index (χ0n) is 13.7. The number of hydrogen-bond donors (Lipinski definition) is 2. The van der Waals surface area contributed by atoms with Crippen LogP contribution in [-0.2, 0) is 14.8 Å². The molecule has 0 atom stereocenters. The van der Waals surface area contributed by atoms with Gasteiger partial charge in [0.2, 0.25) is 5.91 Å². The molecule has 1 saturated heterocycles. The normalized spacial score (nSPS) is 17.5. The molecule has 0 saturated carbocycles. The monoisotopic (exact) mass is 360 g/mol. The second-order valence-corrected chi connectivity index (χ2v) is 9.32. The molecule has 2 N–H and O–H groups in total. The fourth-order valence-corrected chi connectivity index (χ4v) is 5.31. The van der Waals surface area contributed by atoms with E-state index in [0.29, 0.717) is 36.7 Å². The molecule has 0 aliphatic carbocycles. The second kappa shape index (κ2) is 8.23. The second-order valence-electron chi connectivity index (χ2n) is 6.21. The Hall–Kier alpha value is -0.960. The molecular formula is C15H26N3O3S2+. The topological polar surface area (TPSA) is 70.9 Å². The summed E-state index contributed by atoms with van der Waals surface area (Å²) < 4.78 is 26.7. The highest BCUT2D eigenvalue weighted by molar-refractivity contribution is 7.91. The number of amides is 1. The van der Waals surface area contributed by atoms with E-state index >= 15 is 0 Å². The summed E-state index contributed by atoms with van der Waals surface area (Å²) in [4.78, 5) is 13.5. The fourth-order valence-electron chi connectivity index (χ4n) is 2.69. The highest BCUT2D eigenvalue weighted by Gasteiger charge is 2.32. The van der Waals surface area contributed by atoms with Gasteiger partial charge in [-0.05, 0) is 24.3 Å². The van der Waals surface area contributed by atoms with Crippen molar-refractivity contribution >= 4 is 27.3 Å². The smallest absolute Gasteiger partial charge is 0.252 e. The average Bonchev–Trinajstić information content (AvgIpc) is 3.06. The van der Waals surface area contributed by atoms with Crippen LogP contribution in [0.5, 0.6) is 0 Å². The van der Waals surface area contributed by atoms with Gasteiger partial charge in [0.05, 0.1) is 20.6 Å². The molecule has 0 radical (unpaired) electrons. The van der Waals surface area contributed by atoms with E-state index in [9.17, 15) is 13.2 Å². The number of rotatable bonds is 7. The zero-order valence-corrected chi connectivity index (χ0v) is 15.4. The first-order chi connectivity index (χ1) is 10.9. The van der Waals surface area contributed by atoms with E-state index in [1.165, 1.54) is 20.5 Å². The number of hydrogen-bond acceptors (Lipinski definition) is 4. The minimum absolute atomic E-state index is 0.0620. The summed E-state index contributed by atoms with van der Waals surface area (Å²) in [6.07, 6.45) is 2.14. The molecule has 130 valence electrons. The van der Waals surface area contributed by atoms with E-state index in [1.807, 2.05) is 0 Å². The average molecular weight is 361 g/mol. The van der Waals surface area contributed by atoms with Crippen LogP contribution in [0.3, 0.4) is 0 Å². The molecule has 6 nitrogen and oxygen atoms in total. The van der Waals surface area contributed by atoms with Crippen LogP contribution in [0.2, 0.25) is 0 Å². The third-order valence-corrected chi connectivity index (χ3v) is 7.34. The maximum absolute atomic E-state index is 12.4. The number of sulfonamides is 1. The van der Waals surface area contributed by atoms with Crippen molar-refractivity contribution in [3.63, 3.8) is 0 Å². The van der Waals surface area contributed by atoms with Crippen molar-refractivity contribution in [1.29, 1.82) is 0 Å². The fraction of sp³-hybridized carbons (Fsp3) is 0.667. The first-order valence-electron chi connectivity index (χ1n) is 8.01. The highest BCUT2D eigenvalue weighted by atomic mass is 32.2. The highest BCUT2D eigenvalue weighted by Crippen LogP contribution is 2.26. The van der Waals surface area contributed by atoms with E-state index in [0.717, 1.165) is 13.0 Å². The van der Waals surface area contributed by atoms with Crippen molar-refractivity contribution in [2.24, 2.45) is 5.92 Å². The van der Waals surface area contributed by atoms with Crippen LogP contribution >= 0.6 is 11.3 Å². The predicted octanol–water partition coefficient (Wildman–Crippen LogP) is -0.200. The molecule has 1 aliphatic rings. The molecule has 2 heterocycles. The van der Waals surface area contributed by atoms with Gasteiger partial charge < -0.3 is 10.2 Å². The summed E-state index contributed by atoms with van der Waals surface area (Å²) in [5.41, 5.74) is 0. The summed E-state index contributed by atoms with van der Waals surface area (Å²) in [7, 11) is 0.797. The van der Waals surface area contributed by atoms with Gasteiger partial charge in [0.15, 0.2) is 0 Å². The third kappa shape index (κ3) is 5.00. The Kier molecular flexibility index (Phi) is 6.58. The van der Waals surface area contributed by atoms with Crippen LogP contribution in [0.4, 0.5) is 0 Å². The van der Waals surface area contributed by atoms with E-state index in [1.54, 1.807) is 17.5 Å². The molecule has 1 aromatic rings. The molecule has 1 amide bonds. The minimum Gasteiger partial charge on any atom is -0.356 e. The number of nitrogens with one attached hydrogen (secondary N) is 2. The maximum Gasteiger partial charge on any atom is 0.252 e. The Morgan fingerprint density at radius 2 is 2.09 bits per heavy atom. The standard InChI is InChI=1S/C15H25N3O3S2/c1-17(2)9-4-8-16-15(19)13-6-10-18(11-7-13)23(20,21)14-5-3-12-22-14/h3,5,12-13H,4,6-11H2,1-2H3,(H,16,19)/p+1. The molecule has 8 heteroatoms. The molecular weight excluding hydrogens is 334 g/mol. The van der Waals surface area contributed by atoms with Crippen molar-refractivity contribution in [3.05, 3.63) is 17.5 Å². The quantitative estimate of drug-likeness (QED) is 0.662. The molecule has 23 heavy (non-hydrogen) atoms. The van der Waals surface area contributed by atoms with E-state index in [4.69, 9.17) is 0 Å². The minimum atomic E-state index is -3.38. The van der Waals surface area contributed by atoms with E-state index in [-0.39, 0.29) is 11.8 Å². The lowest BCUT2D eigenvalue weighted by atomic mass is 9.97. The molecule has 0 unspecified atom stereocenters. The first kappa shape index (κ1) is 18.4. The molecule has 1 aliphatic heterocycles. The zero-order chi connectivity index (χ0) is 16.9. The number of quaternary nitrogens is 1. The summed E-state index contributed by atoms with van der Waals surface area (Å²) in [5, 5.41) is 4.74. The summed E-state index contributed by atoms with van der Waals surface area (Å²) in [5.74, 6) is -0.0107. The number of carbonyl (C=O) groups is 1. The first-order valence-corrected chi connectivity index (χ1v) is 10.3. The van der Waals surface area contributed by atoms with Gasteiger partial charge in [-0.1, -0.05) is 6.07 Å². The number of thiophene rings is 1. The molecule has 1 fully saturated rings. The van der Waals surface area contributed by atoms with Gasteiger partial charge in [0.25, 0.3) is 10.0 Å². The van der Waals surface area contributed by atoms with Crippen LogP contribution in [0.25, 0.3) is 0 Å². The van der Waals surface area contributed by atoms with Gasteiger partial charge in [-0.3, -0.25) is 4.79 Å². The molecule has 0 aromatic carbocycles. The largest absolute Gasteiger partial charge is 0.356 e. The van der Waals surface area contributed by atoms with Gasteiger partial charge in [0, 0.05) is 32.0 Å². The molecule has 0 spiro atoms. The Bertz CT molecular complexity index is 591. The van der Waals surface area contributed by atoms with Crippen LogP contribution in [0, 0.1) is 5.92 Å². The van der Waals surface area contributed by atoms with Crippen LogP contribution in [0.15, 0.2) is 21.7 Å². The van der Waals surface area contributed by atoms with Crippen LogP contribution in [0.1, 0.15) is 19.3 Å². The lowest BCUT2D eigenvalue weighted by Crippen LogP contribution is -3.05. The Morgan fingerprint density at radius 3 is 2.65 bits per heavy atom. The van der Waals surface area contributed by atoms with Crippen molar-refractivity contribution in [2.75, 3.05) is 40.3 Å². The summed E-state index contributed by atoms with van der Waals surface area (Å²) in [6.45, 7) is 2.55. The van der Waals surface area contributed by atoms with Gasteiger partial charge in [-0.25, -0.2) is 8.42 Å². The molecule has 0 bridgehead atoms. The van der Waals surface area contributed by atoms with Crippen LogP contribution < -0.4 is 10.2 Å². The van der Waals surface area contributed by atoms with Crippen molar-refractivity contribution < 1.29 is 18.1 Å². The van der Waals surface area contributed by atoms with E-state index < -0.39 is 10.0 Å². The Balaban J connectivity index is 1.78. The van der Waals surface area contributed by atoms with Gasteiger partial charge >= 0.3 is 0 Å². The molecule has 1 aromatic heterocycles. The van der Waals surface area contributed by atoms with E-state index in [2.05, 4.69) is 19.4 Å². The van der Waals surface area contributed by atoms with Crippen molar-refractivity contribution in [3.8, 4) is 0 Å². The lowest BCUT2D eigenvalue weighted by molar-refractivity contribution is -0.858. The summed E-state index contributed by atoms with van der Waals surface area (Å²) >= 11 is 1.24. The Morgan fingerprint density at radius 1 is 1.39 bits per heavy atom. The number of nitrogens with zero attached hydrogens (tertiary/aromatic N) is 1. The Labute approximate surface area is 142 Å². The van der Waals surface area contributed by atoms with Crippen LogP contribution in [-0.4, -0.2) is 58.9 Å². The summed E-state index contributed by atoms with van der Waals surface area (Å²) in [6, 6.07) is 3.37. The lowest BCUT2D eigenvalue weighted by Gasteiger charge is -2.30. The number of piperidine rings is 1. The number of carbonyl (C=O) groups excluding carboxylic acids is 1. The van der Waals surface area contributed by atoms with Crippen molar-refractivity contribution in [1.82, 2.24) is 9.62 Å². The predicted molar refractivity (Wildman–Crippen MR) is 91.1 cm³/mol. The molecule has 2 rings (SSSR count). The third-order valence-electron chi connectivity index (χ3n) is 4.07.